The number of unbranched alkanes of at least 4 members (excludes halogenated alkanes) is 1. The molecule has 6 nitrogen and oxygen atoms in total. The number of hydrogen-bond donors (Lipinski definition) is 3. The van der Waals surface area contributed by atoms with Crippen molar-refractivity contribution in [2.24, 2.45) is 10.7 Å². The van der Waals surface area contributed by atoms with Gasteiger partial charge in [0, 0.05) is 12.5 Å². The monoisotopic (exact) mass is 312 g/mol. The van der Waals surface area contributed by atoms with Crippen molar-refractivity contribution in [3.63, 3.8) is 0 Å². The lowest BCUT2D eigenvalue weighted by Crippen LogP contribution is -2.48. The average molecular weight is 312 g/mol. The van der Waals surface area contributed by atoms with Gasteiger partial charge in [0.05, 0.1) is 17.8 Å². The van der Waals surface area contributed by atoms with Gasteiger partial charge in [0.15, 0.2) is 0 Å². The largest absolute Gasteiger partial charge is 0.478 e. The number of nitrogens with zero attached hydrogens (tertiary/aromatic N) is 1. The Hall–Kier alpha value is -1.05. The molecule has 0 spiro atoms. The molecule has 0 aromatic carbocycles. The minimum Gasteiger partial charge on any atom is -0.478 e. The highest BCUT2D eigenvalue weighted by molar-refractivity contribution is 6.48. The molecule has 0 amide bonds. The smallest absolute Gasteiger partial charge is 0.338 e. The van der Waals surface area contributed by atoms with Crippen LogP contribution >= 0.6 is 0 Å². The zero-order valence-corrected chi connectivity index (χ0v) is 14.8. The molecule has 0 atom stereocenters. The van der Waals surface area contributed by atoms with E-state index >= 15 is 0 Å². The second kappa shape index (κ2) is 9.87. The summed E-state index contributed by atoms with van der Waals surface area (Å²) in [5, 5.41) is 13.2. The van der Waals surface area contributed by atoms with Gasteiger partial charge in [-0.05, 0) is 60.3 Å². The van der Waals surface area contributed by atoms with Gasteiger partial charge in [0.1, 0.15) is 0 Å². The molecule has 0 aromatic heterocycles. The van der Waals surface area contributed by atoms with E-state index in [0.717, 1.165) is 19.4 Å². The van der Waals surface area contributed by atoms with Gasteiger partial charge in [0.25, 0.3) is 0 Å². The number of aliphatic imine (C=N–C) groups is 1. The van der Waals surface area contributed by atoms with Crippen LogP contribution in [-0.4, -0.2) is 56.9 Å². The summed E-state index contributed by atoms with van der Waals surface area (Å²) in [5.41, 5.74) is 4.41. The minimum absolute atomic E-state index is 0.429. The highest BCUT2D eigenvalue weighted by Crippen LogP contribution is 2.25. The fourth-order valence-corrected chi connectivity index (χ4v) is 1.37. The molecule has 127 valence electrons. The lowest BCUT2D eigenvalue weighted by atomic mass is 9.82. The summed E-state index contributed by atoms with van der Waals surface area (Å²) < 4.78 is 11.3. The maximum absolute atomic E-state index is 10.1. The second-order valence-corrected chi connectivity index (χ2v) is 6.11. The van der Waals surface area contributed by atoms with Crippen LogP contribution in [0, 0.1) is 0 Å². The third kappa shape index (κ3) is 7.29. The van der Waals surface area contributed by atoms with Crippen LogP contribution in [0.3, 0.4) is 0 Å². The van der Waals surface area contributed by atoms with Crippen molar-refractivity contribution in [1.82, 2.24) is 5.32 Å². The number of nitrogens with two attached hydrogens (primary N) is 1. The van der Waals surface area contributed by atoms with E-state index in [1.54, 1.807) is 34.7 Å². The van der Waals surface area contributed by atoms with Gasteiger partial charge >= 0.3 is 7.48 Å². The average Bonchev–Trinajstić information content (AvgIpc) is 2.43. The summed E-state index contributed by atoms with van der Waals surface area (Å²) in [5.74, 6) is 0.429. The Labute approximate surface area is 135 Å². The van der Waals surface area contributed by atoms with Crippen LogP contribution in [-0.2, 0) is 9.39 Å². The molecule has 22 heavy (non-hydrogen) atoms. The van der Waals surface area contributed by atoms with Crippen molar-refractivity contribution in [3.8, 4) is 0 Å². The number of aliphatic hydroxyl groups is 1. The number of hydrogen-bond acceptors (Lipinski definition) is 6. The van der Waals surface area contributed by atoms with Crippen LogP contribution in [0.1, 0.15) is 40.5 Å². The van der Waals surface area contributed by atoms with Crippen LogP contribution in [0.4, 0.5) is 0 Å². The summed E-state index contributed by atoms with van der Waals surface area (Å²) >= 11 is 0. The molecule has 0 aliphatic carbocycles. The number of nitrogens with one attached hydrogen (secondary N) is 1. The predicted octanol–water partition coefficient (Wildman–Crippen LogP) is 1.02. The summed E-state index contributed by atoms with van der Waals surface area (Å²) in [6.45, 7) is 8.52. The molecule has 0 rings (SSSR count). The van der Waals surface area contributed by atoms with Gasteiger partial charge in [-0.2, -0.15) is 0 Å². The Morgan fingerprint density at radius 1 is 1.32 bits per heavy atom. The minimum atomic E-state index is -0.999. The van der Waals surface area contributed by atoms with Gasteiger partial charge in [-0.25, -0.2) is 0 Å². The Balaban J connectivity index is 4.49. The van der Waals surface area contributed by atoms with E-state index in [4.69, 9.17) is 15.1 Å². The summed E-state index contributed by atoms with van der Waals surface area (Å²) in [6.07, 6.45) is 3.34. The fraction of sp³-hybridized carbons (Fsp3) is 0.800. The molecule has 0 aliphatic heterocycles. The van der Waals surface area contributed by atoms with Crippen molar-refractivity contribution in [1.29, 1.82) is 0 Å². The highest BCUT2D eigenvalue weighted by atomic mass is 16.5. The van der Waals surface area contributed by atoms with Crippen LogP contribution < -0.4 is 11.1 Å². The Morgan fingerprint density at radius 2 is 1.95 bits per heavy atom. The maximum atomic E-state index is 10.1. The zero-order valence-electron chi connectivity index (χ0n) is 14.8. The molecule has 7 heteroatoms. The van der Waals surface area contributed by atoms with Gasteiger partial charge in [0.2, 0.25) is 5.90 Å². The quantitative estimate of drug-likeness (QED) is 0.242. The normalized spacial score (nSPS) is 14.1. The second-order valence-electron chi connectivity index (χ2n) is 6.11. The lowest BCUT2D eigenvalue weighted by molar-refractivity contribution is -0.0896. The molecule has 0 aliphatic rings. The Morgan fingerprint density at radius 3 is 2.41 bits per heavy atom. The topological polar surface area (TPSA) is 89.1 Å². The molecular weight excluding hydrogens is 281 g/mol. The molecule has 0 heterocycles. The number of rotatable bonds is 10. The Bertz CT molecular complexity index is 377. The van der Waals surface area contributed by atoms with Crippen LogP contribution in [0.25, 0.3) is 0 Å². The third-order valence-corrected chi connectivity index (χ3v) is 3.64. The zero-order chi connectivity index (χ0) is 17.2. The Kier molecular flexibility index (Phi) is 9.40. The van der Waals surface area contributed by atoms with E-state index in [9.17, 15) is 5.11 Å². The molecule has 0 bridgehead atoms. The van der Waals surface area contributed by atoms with Crippen molar-refractivity contribution >= 4 is 13.4 Å². The van der Waals surface area contributed by atoms with Crippen molar-refractivity contribution in [2.75, 3.05) is 27.2 Å². The highest BCUT2D eigenvalue weighted by Gasteiger charge is 2.36. The summed E-state index contributed by atoms with van der Waals surface area (Å²) in [7, 11) is 5.04. The van der Waals surface area contributed by atoms with E-state index in [0.29, 0.717) is 18.0 Å². The van der Waals surface area contributed by atoms with E-state index < -0.39 is 11.2 Å². The molecule has 0 unspecified atom stereocenters. The van der Waals surface area contributed by atoms with E-state index in [1.165, 1.54) is 13.7 Å². The molecular formula is C15H31BN3O3. The van der Waals surface area contributed by atoms with Crippen molar-refractivity contribution in [3.05, 3.63) is 11.7 Å². The third-order valence-electron chi connectivity index (χ3n) is 3.64. The molecule has 0 fully saturated rings. The van der Waals surface area contributed by atoms with Crippen LogP contribution in [0.5, 0.6) is 0 Å². The first-order valence-electron chi connectivity index (χ1n) is 7.59. The fourth-order valence-electron chi connectivity index (χ4n) is 1.37. The van der Waals surface area contributed by atoms with E-state index in [-0.39, 0.29) is 0 Å². The first-order chi connectivity index (χ1) is 10.2. The van der Waals surface area contributed by atoms with Gasteiger partial charge in [-0.1, -0.05) is 0 Å². The predicted molar refractivity (Wildman–Crippen MR) is 92.0 cm³/mol. The van der Waals surface area contributed by atoms with Gasteiger partial charge in [-0.15, -0.1) is 0 Å². The first kappa shape index (κ1) is 21.0. The summed E-state index contributed by atoms with van der Waals surface area (Å²) in [6, 6.07) is 0. The molecule has 1 radical (unpaired) electrons. The number of ether oxygens (including phenoxy) is 1. The van der Waals surface area contributed by atoms with Crippen molar-refractivity contribution in [2.45, 2.75) is 51.7 Å². The van der Waals surface area contributed by atoms with Gasteiger partial charge in [-0.3, -0.25) is 4.99 Å². The van der Waals surface area contributed by atoms with Crippen LogP contribution in [0.2, 0.25) is 0 Å². The lowest BCUT2D eigenvalue weighted by Gasteiger charge is -2.37. The van der Waals surface area contributed by atoms with E-state index in [1.807, 2.05) is 7.05 Å². The molecule has 4 N–H and O–H groups in total. The maximum Gasteiger partial charge on any atom is 0.338 e. The first-order valence-corrected chi connectivity index (χ1v) is 7.59. The standard InChI is InChI=1S/C15H31BN3O3/c1-14(2,20)15(3,4)22-16-12(11-17)13(19-6)21-10-8-7-9-18-5/h11,18,20H,7-10,17H2,1-6H3/b12-11+,19-13?. The molecule has 0 saturated carbocycles. The van der Waals surface area contributed by atoms with Crippen LogP contribution in [0.15, 0.2) is 16.7 Å². The molecule has 0 saturated heterocycles. The van der Waals surface area contributed by atoms with E-state index in [2.05, 4.69) is 10.3 Å². The summed E-state index contributed by atoms with van der Waals surface area (Å²) in [4.78, 5) is 4.10. The van der Waals surface area contributed by atoms with Gasteiger partial charge < -0.3 is 25.5 Å². The molecule has 0 aromatic rings. The van der Waals surface area contributed by atoms with Crippen molar-refractivity contribution < 1.29 is 14.5 Å². The SMILES string of the molecule is CN=C(OCCCCNC)/C([B]OC(C)(C)C(C)(C)O)=C\N.